The van der Waals surface area contributed by atoms with Gasteiger partial charge in [0.1, 0.15) is 18.2 Å². The molecule has 2 aromatic carbocycles. The van der Waals surface area contributed by atoms with Crippen molar-refractivity contribution in [3.63, 3.8) is 0 Å². The molecule has 1 atom stereocenters. The molecule has 2 aliphatic rings. The number of benzene rings is 2. The fraction of sp³-hybridized carbons (Fsp3) is 0.471. The minimum Gasteiger partial charge on any atom is -0.493 e. The van der Waals surface area contributed by atoms with E-state index in [0.717, 1.165) is 71.0 Å². The molecule has 41 heavy (non-hydrogen) atoms. The molecule has 6 nitrogen and oxygen atoms in total. The van der Waals surface area contributed by atoms with Crippen LogP contribution in [0.25, 0.3) is 11.1 Å². The Kier molecular flexibility index (Phi) is 8.11. The Bertz CT molecular complexity index is 1380. The highest BCUT2D eigenvalue weighted by Crippen LogP contribution is 2.46. The normalized spacial score (nSPS) is 18.6. The summed E-state index contributed by atoms with van der Waals surface area (Å²) < 4.78 is 31.1. The number of carbonyl (C=O) groups is 1. The first-order valence-corrected chi connectivity index (χ1v) is 14.5. The SMILES string of the molecule is Cc1nc2c(c(N3CCC(C)(C)CC3)c1-c1ccc(OCCc3ccc(F)cc3)cc1)C(OC(C)(C)C)C(=O)OC2. The summed E-state index contributed by atoms with van der Waals surface area (Å²) in [6.07, 6.45) is 1.96. The predicted octanol–water partition coefficient (Wildman–Crippen LogP) is 7.36. The number of carbonyl (C=O) groups excluding carboxylic acids is 1. The molecule has 3 aromatic rings. The summed E-state index contributed by atoms with van der Waals surface area (Å²) >= 11 is 0. The second kappa shape index (κ2) is 11.4. The van der Waals surface area contributed by atoms with E-state index >= 15 is 0 Å². The van der Waals surface area contributed by atoms with Crippen molar-refractivity contribution in [1.29, 1.82) is 0 Å². The number of anilines is 1. The van der Waals surface area contributed by atoms with Crippen molar-refractivity contribution in [3.8, 4) is 16.9 Å². The maximum atomic E-state index is 13.2. The number of fused-ring (bicyclic) bond motifs is 1. The van der Waals surface area contributed by atoms with Crippen molar-refractivity contribution in [2.24, 2.45) is 5.41 Å². The fourth-order valence-electron chi connectivity index (χ4n) is 5.61. The smallest absolute Gasteiger partial charge is 0.340 e. The Morgan fingerprint density at radius 3 is 2.34 bits per heavy atom. The highest BCUT2D eigenvalue weighted by atomic mass is 19.1. The standard InChI is InChI=1S/C34H41FN2O4/c1-22-28(24-9-13-26(14-10-24)39-20-15-23-7-11-25(35)12-8-23)30(37-18-16-34(5,6)17-19-37)29-27(36-22)21-40-32(38)31(29)41-33(2,3)4/h7-14,31H,15-21H2,1-6H3. The van der Waals surface area contributed by atoms with Crippen molar-refractivity contribution < 1.29 is 23.4 Å². The van der Waals surface area contributed by atoms with Gasteiger partial charge >= 0.3 is 5.97 Å². The van der Waals surface area contributed by atoms with Gasteiger partial charge in [0.05, 0.1) is 23.6 Å². The molecule has 0 amide bonds. The van der Waals surface area contributed by atoms with E-state index in [0.29, 0.717) is 13.0 Å². The molecule has 0 N–H and O–H groups in total. The Balaban J connectivity index is 1.50. The van der Waals surface area contributed by atoms with Crippen LogP contribution in [0, 0.1) is 18.2 Å². The molecule has 7 heteroatoms. The molecule has 1 saturated heterocycles. The van der Waals surface area contributed by atoms with Crippen LogP contribution in [-0.2, 0) is 27.3 Å². The maximum Gasteiger partial charge on any atom is 0.340 e. The van der Waals surface area contributed by atoms with Gasteiger partial charge in [0.15, 0.2) is 6.10 Å². The van der Waals surface area contributed by atoms with Crippen molar-refractivity contribution in [2.75, 3.05) is 24.6 Å². The summed E-state index contributed by atoms with van der Waals surface area (Å²) in [5.74, 6) is 0.156. The molecule has 1 fully saturated rings. The zero-order valence-corrected chi connectivity index (χ0v) is 25.1. The summed E-state index contributed by atoms with van der Waals surface area (Å²) in [7, 11) is 0. The van der Waals surface area contributed by atoms with E-state index in [1.54, 1.807) is 12.1 Å². The summed E-state index contributed by atoms with van der Waals surface area (Å²) in [4.78, 5) is 20.5. The third-order valence-corrected chi connectivity index (χ3v) is 7.92. The topological polar surface area (TPSA) is 60.9 Å². The molecule has 218 valence electrons. The van der Waals surface area contributed by atoms with E-state index in [2.05, 4.69) is 30.9 Å². The largest absolute Gasteiger partial charge is 0.493 e. The maximum absolute atomic E-state index is 13.2. The molecule has 0 aliphatic carbocycles. The third kappa shape index (κ3) is 6.72. The van der Waals surface area contributed by atoms with Gasteiger partial charge in [-0.2, -0.15) is 0 Å². The van der Waals surface area contributed by atoms with Crippen LogP contribution >= 0.6 is 0 Å². The van der Waals surface area contributed by atoms with E-state index in [1.807, 2.05) is 39.8 Å². The van der Waals surface area contributed by atoms with Gasteiger partial charge in [0, 0.05) is 36.3 Å². The zero-order valence-electron chi connectivity index (χ0n) is 25.1. The highest BCUT2D eigenvalue weighted by Gasteiger charge is 2.40. The van der Waals surface area contributed by atoms with Gasteiger partial charge in [-0.25, -0.2) is 9.18 Å². The molecule has 3 heterocycles. The first-order valence-electron chi connectivity index (χ1n) is 14.5. The fourth-order valence-corrected chi connectivity index (χ4v) is 5.61. The number of cyclic esters (lactones) is 1. The monoisotopic (exact) mass is 560 g/mol. The lowest BCUT2D eigenvalue weighted by Crippen LogP contribution is -2.40. The van der Waals surface area contributed by atoms with Crippen molar-refractivity contribution >= 4 is 11.7 Å². The van der Waals surface area contributed by atoms with Gasteiger partial charge in [-0.05, 0) is 81.3 Å². The highest BCUT2D eigenvalue weighted by molar-refractivity contribution is 5.89. The first kappa shape index (κ1) is 29.1. The molecule has 2 aliphatic heterocycles. The zero-order chi connectivity index (χ0) is 29.4. The lowest BCUT2D eigenvalue weighted by Gasteiger charge is -2.42. The number of aromatic nitrogens is 1. The second-order valence-electron chi connectivity index (χ2n) is 12.9. The molecule has 0 bridgehead atoms. The van der Waals surface area contributed by atoms with Crippen molar-refractivity contribution in [1.82, 2.24) is 4.98 Å². The van der Waals surface area contributed by atoms with Gasteiger partial charge in [-0.1, -0.05) is 38.1 Å². The number of pyridine rings is 1. The van der Waals surface area contributed by atoms with Crippen LogP contribution in [0.3, 0.4) is 0 Å². The number of esters is 1. The molecule has 0 spiro atoms. The van der Waals surface area contributed by atoms with Gasteiger partial charge in [-0.15, -0.1) is 0 Å². The Labute approximate surface area is 242 Å². The van der Waals surface area contributed by atoms with Crippen molar-refractivity contribution in [2.45, 2.75) is 79.1 Å². The molecule has 0 radical (unpaired) electrons. The molecule has 1 unspecified atom stereocenters. The Morgan fingerprint density at radius 2 is 1.71 bits per heavy atom. The van der Waals surface area contributed by atoms with E-state index < -0.39 is 11.7 Å². The molecule has 5 rings (SSSR count). The summed E-state index contributed by atoms with van der Waals surface area (Å²) in [5, 5.41) is 0. The molecular weight excluding hydrogens is 519 g/mol. The molecular formula is C34H41FN2O4. The average Bonchev–Trinajstić information content (AvgIpc) is 2.91. The predicted molar refractivity (Wildman–Crippen MR) is 159 cm³/mol. The van der Waals surface area contributed by atoms with Gasteiger partial charge in [0.25, 0.3) is 0 Å². The van der Waals surface area contributed by atoms with Crippen LogP contribution in [0.1, 0.15) is 76.1 Å². The summed E-state index contributed by atoms with van der Waals surface area (Å²) in [6, 6.07) is 14.6. The number of hydrogen-bond donors (Lipinski definition) is 0. The van der Waals surface area contributed by atoms with Crippen LogP contribution in [0.2, 0.25) is 0 Å². The van der Waals surface area contributed by atoms with Crippen molar-refractivity contribution in [3.05, 3.63) is 76.9 Å². The third-order valence-electron chi connectivity index (χ3n) is 7.92. The summed E-state index contributed by atoms with van der Waals surface area (Å²) in [6.45, 7) is 14.9. The summed E-state index contributed by atoms with van der Waals surface area (Å²) in [5.41, 5.74) is 6.29. The van der Waals surface area contributed by atoms with Crippen LogP contribution < -0.4 is 9.64 Å². The Morgan fingerprint density at radius 1 is 1.05 bits per heavy atom. The minimum absolute atomic E-state index is 0.145. The number of nitrogens with zero attached hydrogens (tertiary/aromatic N) is 2. The average molecular weight is 561 g/mol. The van der Waals surface area contributed by atoms with Crippen LogP contribution in [0.5, 0.6) is 5.75 Å². The van der Waals surface area contributed by atoms with Crippen LogP contribution in [0.15, 0.2) is 48.5 Å². The number of aryl methyl sites for hydroxylation is 1. The number of rotatable bonds is 7. The van der Waals surface area contributed by atoms with E-state index in [4.69, 9.17) is 19.2 Å². The van der Waals surface area contributed by atoms with E-state index in [9.17, 15) is 9.18 Å². The molecule has 1 aromatic heterocycles. The lowest BCUT2D eigenvalue weighted by atomic mass is 9.81. The number of halogens is 1. The van der Waals surface area contributed by atoms with Gasteiger partial charge < -0.3 is 19.1 Å². The van der Waals surface area contributed by atoms with Gasteiger partial charge in [0.2, 0.25) is 0 Å². The van der Waals surface area contributed by atoms with Gasteiger partial charge in [-0.3, -0.25) is 4.98 Å². The quantitative estimate of drug-likeness (QED) is 0.282. The molecule has 0 saturated carbocycles. The van der Waals surface area contributed by atoms with Crippen LogP contribution in [0.4, 0.5) is 10.1 Å². The number of piperidine rings is 1. The lowest BCUT2D eigenvalue weighted by molar-refractivity contribution is -0.172. The minimum atomic E-state index is -0.843. The second-order valence-corrected chi connectivity index (χ2v) is 12.9. The first-order chi connectivity index (χ1) is 19.4. The number of ether oxygens (including phenoxy) is 3. The van der Waals surface area contributed by atoms with E-state index in [-0.39, 0.29) is 23.8 Å². The van der Waals surface area contributed by atoms with E-state index in [1.165, 1.54) is 12.1 Å². The Hall–Kier alpha value is -3.45. The van der Waals surface area contributed by atoms with Crippen LogP contribution in [-0.4, -0.2) is 36.3 Å². The number of hydrogen-bond acceptors (Lipinski definition) is 6.